The van der Waals surface area contributed by atoms with Crippen molar-refractivity contribution in [2.75, 3.05) is 32.7 Å². The molecule has 0 spiro atoms. The van der Waals surface area contributed by atoms with Gasteiger partial charge in [0.1, 0.15) is 6.04 Å². The molecule has 2 aliphatic heterocycles. The fraction of sp³-hybridized carbons (Fsp3) is 0.667. The van der Waals surface area contributed by atoms with Crippen LogP contribution in [-0.2, 0) is 4.79 Å². The molecule has 0 bridgehead atoms. The smallest absolute Gasteiger partial charge is 0.244 e. The Hall–Kier alpha value is -1.39. The number of benzene rings is 1. The number of hydrogen-bond acceptors (Lipinski definition) is 3. The lowest BCUT2D eigenvalue weighted by Gasteiger charge is -2.42. The lowest BCUT2D eigenvalue weighted by molar-refractivity contribution is -0.139. The van der Waals surface area contributed by atoms with Gasteiger partial charge in [-0.2, -0.15) is 0 Å². The normalized spacial score (nSPS) is 23.7. The summed E-state index contributed by atoms with van der Waals surface area (Å²) in [5.74, 6) is 0.814. The Morgan fingerprint density at radius 3 is 2.28 bits per heavy atom. The molecule has 4 heteroatoms. The Bertz CT molecular complexity index is 563. The van der Waals surface area contributed by atoms with Crippen molar-refractivity contribution < 1.29 is 4.79 Å². The van der Waals surface area contributed by atoms with Gasteiger partial charge in [0.2, 0.25) is 5.91 Å². The monoisotopic (exact) mass is 343 g/mol. The van der Waals surface area contributed by atoms with Crippen LogP contribution in [0.2, 0.25) is 0 Å². The third-order valence-corrected chi connectivity index (χ3v) is 5.70. The molecule has 2 fully saturated rings. The second-order valence-corrected chi connectivity index (χ2v) is 7.90. The van der Waals surface area contributed by atoms with Crippen molar-refractivity contribution >= 4 is 5.91 Å². The number of rotatable bonds is 4. The zero-order valence-corrected chi connectivity index (χ0v) is 16.0. The van der Waals surface area contributed by atoms with Gasteiger partial charge in [0.25, 0.3) is 0 Å². The van der Waals surface area contributed by atoms with Crippen LogP contribution in [0.3, 0.4) is 0 Å². The number of piperazine rings is 1. The Morgan fingerprint density at radius 1 is 1.04 bits per heavy atom. The molecule has 0 aliphatic carbocycles. The first kappa shape index (κ1) is 18.4. The molecule has 1 amide bonds. The molecule has 1 N–H and O–H groups in total. The van der Waals surface area contributed by atoms with Gasteiger partial charge in [-0.3, -0.25) is 9.69 Å². The summed E-state index contributed by atoms with van der Waals surface area (Å²) in [6.07, 6.45) is 3.53. The van der Waals surface area contributed by atoms with Crippen molar-refractivity contribution in [1.29, 1.82) is 0 Å². The quantitative estimate of drug-likeness (QED) is 0.912. The highest BCUT2D eigenvalue weighted by Gasteiger charge is 2.35. The average molecular weight is 344 g/mol. The summed E-state index contributed by atoms with van der Waals surface area (Å²) in [6.45, 7) is 11.3. The van der Waals surface area contributed by atoms with Gasteiger partial charge in [0, 0.05) is 38.8 Å². The molecule has 4 nitrogen and oxygen atoms in total. The predicted molar refractivity (Wildman–Crippen MR) is 103 cm³/mol. The van der Waals surface area contributed by atoms with E-state index in [1.54, 1.807) is 0 Å². The first-order valence-electron chi connectivity index (χ1n) is 9.93. The van der Waals surface area contributed by atoms with Crippen LogP contribution in [0.1, 0.15) is 63.1 Å². The van der Waals surface area contributed by atoms with Gasteiger partial charge in [-0.25, -0.2) is 0 Å². The summed E-state index contributed by atoms with van der Waals surface area (Å²) in [7, 11) is 0. The van der Waals surface area contributed by atoms with Crippen LogP contribution in [0, 0.1) is 0 Å². The highest BCUT2D eigenvalue weighted by molar-refractivity contribution is 5.83. The topological polar surface area (TPSA) is 35.6 Å². The molecular weight excluding hydrogens is 310 g/mol. The number of hydrogen-bond donors (Lipinski definition) is 1. The van der Waals surface area contributed by atoms with Crippen LogP contribution in [0.4, 0.5) is 0 Å². The van der Waals surface area contributed by atoms with Crippen LogP contribution in [0.5, 0.6) is 0 Å². The molecule has 2 aliphatic rings. The molecule has 3 rings (SSSR count). The van der Waals surface area contributed by atoms with Gasteiger partial charge in [0.15, 0.2) is 0 Å². The van der Waals surface area contributed by atoms with Gasteiger partial charge < -0.3 is 10.2 Å². The predicted octanol–water partition coefficient (Wildman–Crippen LogP) is 3.16. The van der Waals surface area contributed by atoms with Crippen molar-refractivity contribution in [1.82, 2.24) is 15.1 Å². The summed E-state index contributed by atoms with van der Waals surface area (Å²) < 4.78 is 0. The first-order valence-corrected chi connectivity index (χ1v) is 9.93. The molecule has 2 heterocycles. The van der Waals surface area contributed by atoms with E-state index in [9.17, 15) is 4.79 Å². The fourth-order valence-electron chi connectivity index (χ4n) is 4.07. The summed E-state index contributed by atoms with van der Waals surface area (Å²) in [4.78, 5) is 17.9. The molecule has 1 aromatic carbocycles. The number of nitrogens with one attached hydrogen (secondary N) is 1. The molecule has 138 valence electrons. The first-order chi connectivity index (χ1) is 12.1. The van der Waals surface area contributed by atoms with E-state index in [-0.39, 0.29) is 6.04 Å². The summed E-state index contributed by atoms with van der Waals surface area (Å²) >= 11 is 0. The lowest BCUT2D eigenvalue weighted by atomic mass is 9.96. The van der Waals surface area contributed by atoms with E-state index >= 15 is 0 Å². The van der Waals surface area contributed by atoms with E-state index in [0.717, 1.165) is 51.1 Å². The van der Waals surface area contributed by atoms with Crippen molar-refractivity contribution in [2.45, 2.75) is 58.0 Å². The molecule has 25 heavy (non-hydrogen) atoms. The molecule has 2 unspecified atom stereocenters. The number of amides is 1. The standard InChI is InChI=1S/C21H33N3O/c1-16(2)18-7-9-19(10-8-18)20(24-14-11-22-15-17(24)3)21(25)23-12-5-4-6-13-23/h7-10,16-17,20,22H,4-6,11-15H2,1-3H3. The highest BCUT2D eigenvalue weighted by Crippen LogP contribution is 2.29. The van der Waals surface area contributed by atoms with Crippen molar-refractivity contribution in [3.8, 4) is 0 Å². The van der Waals surface area contributed by atoms with E-state index < -0.39 is 0 Å². The average Bonchev–Trinajstić information content (AvgIpc) is 2.64. The maximum Gasteiger partial charge on any atom is 0.244 e. The molecule has 2 atom stereocenters. The second-order valence-electron chi connectivity index (χ2n) is 7.90. The third kappa shape index (κ3) is 4.24. The van der Waals surface area contributed by atoms with Crippen LogP contribution >= 0.6 is 0 Å². The molecule has 1 aromatic rings. The summed E-state index contributed by atoms with van der Waals surface area (Å²) in [5.41, 5.74) is 2.48. The van der Waals surface area contributed by atoms with Gasteiger partial charge >= 0.3 is 0 Å². The third-order valence-electron chi connectivity index (χ3n) is 5.70. The number of piperidine rings is 1. The molecular formula is C21H33N3O. The van der Waals surface area contributed by atoms with Gasteiger partial charge in [-0.1, -0.05) is 38.1 Å². The molecule has 0 radical (unpaired) electrons. The van der Waals surface area contributed by atoms with E-state index in [1.165, 1.54) is 12.0 Å². The number of carbonyl (C=O) groups is 1. The Kier molecular flexibility index (Phi) is 6.13. The fourth-order valence-corrected chi connectivity index (χ4v) is 4.07. The lowest BCUT2D eigenvalue weighted by Crippen LogP contribution is -2.55. The molecule has 2 saturated heterocycles. The van der Waals surface area contributed by atoms with Crippen molar-refractivity contribution in [3.05, 3.63) is 35.4 Å². The minimum Gasteiger partial charge on any atom is -0.341 e. The zero-order chi connectivity index (χ0) is 17.8. The van der Waals surface area contributed by atoms with Gasteiger partial charge in [0.05, 0.1) is 0 Å². The van der Waals surface area contributed by atoms with E-state index in [2.05, 4.69) is 60.2 Å². The van der Waals surface area contributed by atoms with Crippen LogP contribution in [0.15, 0.2) is 24.3 Å². The Morgan fingerprint density at radius 2 is 1.68 bits per heavy atom. The SMILES string of the molecule is CC(C)c1ccc(C(C(=O)N2CCCCC2)N2CCNCC2C)cc1. The van der Waals surface area contributed by atoms with Crippen LogP contribution in [-0.4, -0.2) is 54.5 Å². The number of nitrogens with zero attached hydrogens (tertiary/aromatic N) is 2. The summed E-state index contributed by atoms with van der Waals surface area (Å²) in [5, 5.41) is 3.45. The minimum absolute atomic E-state index is 0.142. The van der Waals surface area contributed by atoms with Crippen LogP contribution < -0.4 is 5.32 Å². The minimum atomic E-state index is -0.142. The van der Waals surface area contributed by atoms with Gasteiger partial charge in [-0.05, 0) is 43.2 Å². The Balaban J connectivity index is 1.88. The van der Waals surface area contributed by atoms with E-state index in [4.69, 9.17) is 0 Å². The largest absolute Gasteiger partial charge is 0.341 e. The van der Waals surface area contributed by atoms with E-state index in [0.29, 0.717) is 17.9 Å². The Labute approximate surface area is 152 Å². The van der Waals surface area contributed by atoms with Crippen LogP contribution in [0.25, 0.3) is 0 Å². The van der Waals surface area contributed by atoms with Gasteiger partial charge in [-0.15, -0.1) is 0 Å². The highest BCUT2D eigenvalue weighted by atomic mass is 16.2. The van der Waals surface area contributed by atoms with Crippen molar-refractivity contribution in [2.24, 2.45) is 0 Å². The van der Waals surface area contributed by atoms with Crippen molar-refractivity contribution in [3.63, 3.8) is 0 Å². The maximum atomic E-state index is 13.4. The molecule has 0 aromatic heterocycles. The maximum absolute atomic E-state index is 13.4. The number of likely N-dealkylation sites (tertiary alicyclic amines) is 1. The molecule has 0 saturated carbocycles. The zero-order valence-electron chi connectivity index (χ0n) is 16.0. The second kappa shape index (κ2) is 8.33. The summed E-state index contributed by atoms with van der Waals surface area (Å²) in [6, 6.07) is 8.98. The van der Waals surface area contributed by atoms with E-state index in [1.807, 2.05) is 0 Å². The number of carbonyl (C=O) groups excluding carboxylic acids is 1.